The predicted molar refractivity (Wildman–Crippen MR) is 89.0 cm³/mol. The third kappa shape index (κ3) is 3.67. The first kappa shape index (κ1) is 15.1. The number of benzene rings is 1. The lowest BCUT2D eigenvalue weighted by Gasteiger charge is -2.31. The second-order valence-corrected chi connectivity index (χ2v) is 7.62. The highest BCUT2D eigenvalue weighted by molar-refractivity contribution is 5.34. The van der Waals surface area contributed by atoms with Crippen LogP contribution in [0.25, 0.3) is 0 Å². The molecule has 0 spiro atoms. The van der Waals surface area contributed by atoms with Crippen LogP contribution in [0.1, 0.15) is 62.6 Å². The molecule has 0 saturated heterocycles. The predicted octanol–water partition coefficient (Wildman–Crippen LogP) is 3.99. The van der Waals surface area contributed by atoms with E-state index in [1.807, 2.05) is 0 Å². The zero-order chi connectivity index (χ0) is 14.7. The fraction of sp³-hybridized carbons (Fsp3) is 0.684. The van der Waals surface area contributed by atoms with Crippen molar-refractivity contribution in [1.29, 1.82) is 0 Å². The molecule has 1 fully saturated rings. The second kappa shape index (κ2) is 6.50. The maximum atomic E-state index is 3.76. The van der Waals surface area contributed by atoms with Crippen LogP contribution in [0.4, 0.5) is 0 Å². The van der Waals surface area contributed by atoms with Gasteiger partial charge in [-0.1, -0.05) is 44.9 Å². The SMILES string of the molecule is CC(C)CC1(CNCc2ccc3c(c2)CNC3)CCCC1. The monoisotopic (exact) mass is 286 g/mol. The molecule has 0 bridgehead atoms. The van der Waals surface area contributed by atoms with Crippen LogP contribution < -0.4 is 10.6 Å². The number of rotatable bonds is 6. The molecule has 0 amide bonds. The number of hydrogen-bond acceptors (Lipinski definition) is 2. The first-order valence-electron chi connectivity index (χ1n) is 8.69. The molecular formula is C19H30N2. The van der Waals surface area contributed by atoms with Crippen molar-refractivity contribution in [2.45, 2.75) is 65.6 Å². The normalized spacial score (nSPS) is 20.1. The molecule has 0 atom stereocenters. The molecule has 1 saturated carbocycles. The molecular weight excluding hydrogens is 256 g/mol. The lowest BCUT2D eigenvalue weighted by molar-refractivity contribution is 0.223. The maximum absolute atomic E-state index is 3.76. The van der Waals surface area contributed by atoms with E-state index in [-0.39, 0.29) is 0 Å². The molecule has 2 N–H and O–H groups in total. The first-order chi connectivity index (χ1) is 10.2. The van der Waals surface area contributed by atoms with Gasteiger partial charge >= 0.3 is 0 Å². The molecule has 0 aromatic heterocycles. The maximum Gasteiger partial charge on any atom is 0.0212 e. The van der Waals surface area contributed by atoms with Crippen molar-refractivity contribution in [3.63, 3.8) is 0 Å². The van der Waals surface area contributed by atoms with Gasteiger partial charge in [-0.3, -0.25) is 0 Å². The van der Waals surface area contributed by atoms with E-state index >= 15 is 0 Å². The number of hydrogen-bond donors (Lipinski definition) is 2. The van der Waals surface area contributed by atoms with Crippen molar-refractivity contribution < 1.29 is 0 Å². The molecule has 1 heterocycles. The van der Waals surface area contributed by atoms with Gasteiger partial charge < -0.3 is 10.6 Å². The van der Waals surface area contributed by atoms with E-state index < -0.39 is 0 Å². The van der Waals surface area contributed by atoms with Crippen LogP contribution in [-0.4, -0.2) is 6.54 Å². The second-order valence-electron chi connectivity index (χ2n) is 7.62. The average Bonchev–Trinajstić information content (AvgIpc) is 3.07. The van der Waals surface area contributed by atoms with Crippen LogP contribution in [0.5, 0.6) is 0 Å². The highest BCUT2D eigenvalue weighted by atomic mass is 14.9. The van der Waals surface area contributed by atoms with Crippen molar-refractivity contribution in [2.24, 2.45) is 11.3 Å². The van der Waals surface area contributed by atoms with Gasteiger partial charge in [-0.2, -0.15) is 0 Å². The average molecular weight is 286 g/mol. The minimum absolute atomic E-state index is 0.576. The van der Waals surface area contributed by atoms with Crippen LogP contribution in [0, 0.1) is 11.3 Å². The highest BCUT2D eigenvalue weighted by Gasteiger charge is 2.33. The summed E-state index contributed by atoms with van der Waals surface area (Å²) in [6, 6.07) is 6.97. The number of nitrogens with one attached hydrogen (secondary N) is 2. The Morgan fingerprint density at radius 3 is 2.67 bits per heavy atom. The van der Waals surface area contributed by atoms with E-state index in [9.17, 15) is 0 Å². The smallest absolute Gasteiger partial charge is 0.0212 e. The van der Waals surface area contributed by atoms with E-state index in [0.717, 1.165) is 25.6 Å². The first-order valence-corrected chi connectivity index (χ1v) is 8.69. The zero-order valence-corrected chi connectivity index (χ0v) is 13.7. The molecule has 21 heavy (non-hydrogen) atoms. The quantitative estimate of drug-likeness (QED) is 0.826. The van der Waals surface area contributed by atoms with Crippen molar-refractivity contribution in [3.05, 3.63) is 34.9 Å². The molecule has 1 aliphatic carbocycles. The van der Waals surface area contributed by atoms with Gasteiger partial charge in [-0.25, -0.2) is 0 Å². The van der Waals surface area contributed by atoms with Crippen LogP contribution in [0.2, 0.25) is 0 Å². The summed E-state index contributed by atoms with van der Waals surface area (Å²) in [5.41, 5.74) is 4.99. The van der Waals surface area contributed by atoms with Gasteiger partial charge in [0.15, 0.2) is 0 Å². The summed E-state index contributed by atoms with van der Waals surface area (Å²) in [5.74, 6) is 0.816. The van der Waals surface area contributed by atoms with E-state index in [2.05, 4.69) is 42.7 Å². The summed E-state index contributed by atoms with van der Waals surface area (Å²) in [6.07, 6.45) is 7.09. The zero-order valence-electron chi connectivity index (χ0n) is 13.7. The van der Waals surface area contributed by atoms with E-state index in [1.165, 1.54) is 55.3 Å². The Morgan fingerprint density at radius 2 is 1.90 bits per heavy atom. The molecule has 3 rings (SSSR count). The summed E-state index contributed by atoms with van der Waals surface area (Å²) < 4.78 is 0. The van der Waals surface area contributed by atoms with Crippen LogP contribution in [-0.2, 0) is 19.6 Å². The van der Waals surface area contributed by atoms with E-state index in [1.54, 1.807) is 0 Å². The standard InChI is InChI=1S/C19H30N2/c1-15(2)10-19(7-3-4-8-19)14-21-11-16-5-6-17-12-20-13-18(17)9-16/h5-6,9,15,20-21H,3-4,7-8,10-14H2,1-2H3. The van der Waals surface area contributed by atoms with Crippen molar-refractivity contribution in [1.82, 2.24) is 10.6 Å². The fourth-order valence-corrected chi connectivity index (χ4v) is 4.37. The Bertz CT molecular complexity index is 472. The van der Waals surface area contributed by atoms with Gasteiger partial charge in [0, 0.05) is 26.2 Å². The largest absolute Gasteiger partial charge is 0.312 e. The number of fused-ring (bicyclic) bond motifs is 1. The summed E-state index contributed by atoms with van der Waals surface area (Å²) in [7, 11) is 0. The Balaban J connectivity index is 1.55. The Hall–Kier alpha value is -0.860. The van der Waals surface area contributed by atoms with Crippen LogP contribution in [0.15, 0.2) is 18.2 Å². The molecule has 116 valence electrons. The van der Waals surface area contributed by atoms with Gasteiger partial charge in [-0.05, 0) is 47.3 Å². The van der Waals surface area contributed by atoms with Crippen molar-refractivity contribution >= 4 is 0 Å². The highest BCUT2D eigenvalue weighted by Crippen LogP contribution is 2.42. The summed E-state index contributed by atoms with van der Waals surface area (Å²) >= 11 is 0. The Kier molecular flexibility index (Phi) is 4.66. The molecule has 1 aromatic rings. The summed E-state index contributed by atoms with van der Waals surface area (Å²) in [6.45, 7) is 9.04. The van der Waals surface area contributed by atoms with Crippen molar-refractivity contribution in [2.75, 3.05) is 6.54 Å². The third-order valence-corrected chi connectivity index (χ3v) is 5.24. The van der Waals surface area contributed by atoms with Gasteiger partial charge in [-0.15, -0.1) is 0 Å². The molecule has 0 unspecified atom stereocenters. The molecule has 2 aliphatic rings. The van der Waals surface area contributed by atoms with Crippen molar-refractivity contribution in [3.8, 4) is 0 Å². The summed E-state index contributed by atoms with van der Waals surface area (Å²) in [5, 5.41) is 7.18. The Morgan fingerprint density at radius 1 is 1.14 bits per heavy atom. The van der Waals surface area contributed by atoms with Crippen LogP contribution in [0.3, 0.4) is 0 Å². The van der Waals surface area contributed by atoms with E-state index in [0.29, 0.717) is 5.41 Å². The molecule has 1 aromatic carbocycles. The van der Waals surface area contributed by atoms with Crippen LogP contribution >= 0.6 is 0 Å². The molecule has 1 aliphatic heterocycles. The summed E-state index contributed by atoms with van der Waals surface area (Å²) in [4.78, 5) is 0. The minimum atomic E-state index is 0.576. The molecule has 0 radical (unpaired) electrons. The Labute approximate surface area is 129 Å². The lowest BCUT2D eigenvalue weighted by Crippen LogP contribution is -2.33. The molecule has 2 heteroatoms. The van der Waals surface area contributed by atoms with Gasteiger partial charge in [0.25, 0.3) is 0 Å². The minimum Gasteiger partial charge on any atom is -0.312 e. The lowest BCUT2D eigenvalue weighted by atomic mass is 9.78. The van der Waals surface area contributed by atoms with Gasteiger partial charge in [0.1, 0.15) is 0 Å². The third-order valence-electron chi connectivity index (χ3n) is 5.24. The van der Waals surface area contributed by atoms with Gasteiger partial charge in [0.2, 0.25) is 0 Å². The fourth-order valence-electron chi connectivity index (χ4n) is 4.37. The van der Waals surface area contributed by atoms with Gasteiger partial charge in [0.05, 0.1) is 0 Å². The topological polar surface area (TPSA) is 24.1 Å². The molecule has 2 nitrogen and oxygen atoms in total. The van der Waals surface area contributed by atoms with E-state index in [4.69, 9.17) is 0 Å².